The summed E-state index contributed by atoms with van der Waals surface area (Å²) in [5.74, 6) is 1.40. The van der Waals surface area contributed by atoms with E-state index in [4.69, 9.17) is 10.5 Å². The number of ether oxygens (including phenoxy) is 1. The first-order valence-corrected chi connectivity index (χ1v) is 9.88. The topological polar surface area (TPSA) is 99.2 Å². The third-order valence-corrected chi connectivity index (χ3v) is 5.13. The van der Waals surface area contributed by atoms with Crippen molar-refractivity contribution in [1.29, 1.82) is 0 Å². The Labute approximate surface area is 179 Å². The van der Waals surface area contributed by atoms with Gasteiger partial charge in [-0.15, -0.1) is 0 Å². The van der Waals surface area contributed by atoms with E-state index in [1.807, 2.05) is 13.1 Å². The van der Waals surface area contributed by atoms with Gasteiger partial charge in [-0.3, -0.25) is 4.79 Å². The van der Waals surface area contributed by atoms with Crippen LogP contribution in [0.2, 0.25) is 0 Å². The van der Waals surface area contributed by atoms with Crippen LogP contribution < -0.4 is 15.4 Å². The van der Waals surface area contributed by atoms with Crippen molar-refractivity contribution in [2.75, 3.05) is 18.1 Å². The Morgan fingerprint density at radius 2 is 1.97 bits per heavy atom. The van der Waals surface area contributed by atoms with Crippen LogP contribution in [0.1, 0.15) is 24.0 Å². The lowest BCUT2D eigenvalue weighted by Gasteiger charge is -2.28. The maximum absolute atomic E-state index is 13.1. The number of hydrogen-bond donors (Lipinski definition) is 1. The van der Waals surface area contributed by atoms with Gasteiger partial charge < -0.3 is 19.9 Å². The minimum Gasteiger partial charge on any atom is -0.471 e. The molecule has 0 atom stereocenters. The normalized spacial score (nSPS) is 14.1. The van der Waals surface area contributed by atoms with Gasteiger partial charge in [-0.05, 0) is 43.7 Å². The zero-order valence-corrected chi connectivity index (χ0v) is 17.4. The van der Waals surface area contributed by atoms with Crippen LogP contribution in [-0.4, -0.2) is 38.5 Å². The van der Waals surface area contributed by atoms with Gasteiger partial charge in [-0.2, -0.15) is 0 Å². The lowest BCUT2D eigenvalue weighted by molar-refractivity contribution is -0.113. The van der Waals surface area contributed by atoms with E-state index in [2.05, 4.69) is 24.4 Å². The predicted octanol–water partition coefficient (Wildman–Crippen LogP) is 2.48. The van der Waals surface area contributed by atoms with Crippen molar-refractivity contribution < 1.29 is 13.9 Å². The first-order valence-electron chi connectivity index (χ1n) is 9.88. The van der Waals surface area contributed by atoms with Gasteiger partial charge in [-0.1, -0.05) is 0 Å². The minimum absolute atomic E-state index is 0.0625. The van der Waals surface area contributed by atoms with Crippen LogP contribution in [0.3, 0.4) is 0 Å². The molecule has 0 fully saturated rings. The Morgan fingerprint density at radius 1 is 1.19 bits per heavy atom. The number of halogens is 1. The van der Waals surface area contributed by atoms with Gasteiger partial charge in [0.25, 0.3) is 0 Å². The van der Waals surface area contributed by atoms with E-state index >= 15 is 0 Å². The number of nitrogens with zero attached hydrogens (tertiary/aromatic N) is 5. The van der Waals surface area contributed by atoms with Crippen LogP contribution in [0.5, 0.6) is 5.88 Å². The maximum atomic E-state index is 13.1. The van der Waals surface area contributed by atoms with E-state index in [1.165, 1.54) is 37.4 Å². The average molecular weight is 422 g/mol. The number of carbonyl (C=O) groups is 1. The summed E-state index contributed by atoms with van der Waals surface area (Å²) in [6.45, 7) is 5.63. The van der Waals surface area contributed by atoms with Crippen LogP contribution in [0.25, 0.3) is 5.70 Å². The summed E-state index contributed by atoms with van der Waals surface area (Å²) < 4.78 is 21.0. The second-order valence-corrected chi connectivity index (χ2v) is 7.37. The number of aromatic nitrogens is 4. The Kier molecular flexibility index (Phi) is 5.66. The second kappa shape index (κ2) is 8.55. The number of ketones is 1. The van der Waals surface area contributed by atoms with E-state index in [1.54, 1.807) is 6.20 Å². The highest BCUT2D eigenvalue weighted by Gasteiger charge is 2.19. The first-order chi connectivity index (χ1) is 14.9. The molecule has 1 aromatic carbocycles. The smallest absolute Gasteiger partial charge is 0.232 e. The molecule has 3 heterocycles. The predicted molar refractivity (Wildman–Crippen MR) is 114 cm³/mol. The molecule has 0 amide bonds. The third kappa shape index (κ3) is 4.55. The Morgan fingerprint density at radius 3 is 2.65 bits per heavy atom. The summed E-state index contributed by atoms with van der Waals surface area (Å²) >= 11 is 0. The number of hydrogen-bond acceptors (Lipinski definition) is 7. The van der Waals surface area contributed by atoms with E-state index in [0.717, 1.165) is 30.4 Å². The number of carbonyl (C=O) groups excluding carboxylic acids is 1. The number of benzene rings is 1. The molecule has 0 unspecified atom stereocenters. The number of rotatable bonds is 6. The molecule has 0 spiro atoms. The molecular formula is C22H23FN6O2. The molecule has 4 rings (SSSR count). The molecule has 0 radical (unpaired) electrons. The molecule has 0 saturated carbocycles. The van der Waals surface area contributed by atoms with Gasteiger partial charge in [0, 0.05) is 25.0 Å². The van der Waals surface area contributed by atoms with Gasteiger partial charge in [0.05, 0.1) is 30.2 Å². The highest BCUT2D eigenvalue weighted by Crippen LogP contribution is 2.20. The summed E-state index contributed by atoms with van der Waals surface area (Å²) in [7, 11) is 0. The molecule has 2 aromatic heterocycles. The molecule has 8 nitrogen and oxygen atoms in total. The highest BCUT2D eigenvalue weighted by atomic mass is 19.1. The van der Waals surface area contributed by atoms with Crippen molar-refractivity contribution in [3.63, 3.8) is 0 Å². The lowest BCUT2D eigenvalue weighted by Crippen LogP contribution is -2.34. The Balaban J connectivity index is 1.44. The molecule has 0 aliphatic carbocycles. The van der Waals surface area contributed by atoms with Crippen molar-refractivity contribution in [1.82, 2.24) is 19.5 Å². The molecule has 1 aliphatic heterocycles. The van der Waals surface area contributed by atoms with Gasteiger partial charge >= 0.3 is 0 Å². The maximum Gasteiger partial charge on any atom is 0.232 e. The molecule has 2 N–H and O–H groups in total. The van der Waals surface area contributed by atoms with Crippen molar-refractivity contribution >= 4 is 17.3 Å². The van der Waals surface area contributed by atoms with Crippen molar-refractivity contribution in [3.05, 3.63) is 71.3 Å². The third-order valence-electron chi connectivity index (χ3n) is 5.13. The van der Waals surface area contributed by atoms with Crippen LogP contribution in [0.15, 0.2) is 48.4 Å². The largest absolute Gasteiger partial charge is 0.471 e. The number of imidazole rings is 1. The quantitative estimate of drug-likeness (QED) is 0.609. The highest BCUT2D eigenvalue weighted by molar-refractivity contribution is 6.00. The summed E-state index contributed by atoms with van der Waals surface area (Å²) in [5.41, 5.74) is 8.21. The molecule has 3 aromatic rings. The van der Waals surface area contributed by atoms with E-state index in [9.17, 15) is 9.18 Å². The number of anilines is 1. The van der Waals surface area contributed by atoms with Gasteiger partial charge in [0.1, 0.15) is 24.1 Å². The molecule has 0 saturated heterocycles. The molecule has 0 bridgehead atoms. The van der Waals surface area contributed by atoms with Crippen molar-refractivity contribution in [2.45, 2.75) is 26.9 Å². The van der Waals surface area contributed by atoms with Crippen LogP contribution >= 0.6 is 0 Å². The number of fused-ring (bicyclic) bond motifs is 1. The summed E-state index contributed by atoms with van der Waals surface area (Å²) in [6, 6.07) is 5.62. The Bertz CT molecular complexity index is 1120. The summed E-state index contributed by atoms with van der Waals surface area (Å²) in [5, 5.41) is 0. The summed E-state index contributed by atoms with van der Waals surface area (Å²) in [6.07, 6.45) is 5.21. The summed E-state index contributed by atoms with van der Waals surface area (Å²) in [4.78, 5) is 27.5. The van der Waals surface area contributed by atoms with Crippen molar-refractivity contribution in [3.8, 4) is 5.88 Å². The number of nitrogens with two attached hydrogens (primary N) is 1. The zero-order chi connectivity index (χ0) is 22.0. The average Bonchev–Trinajstić information content (AvgIpc) is 3.13. The second-order valence-electron chi connectivity index (χ2n) is 7.37. The van der Waals surface area contributed by atoms with E-state index in [0.29, 0.717) is 12.1 Å². The van der Waals surface area contributed by atoms with Crippen LogP contribution in [-0.2, 0) is 17.9 Å². The minimum atomic E-state index is -0.375. The Hall–Kier alpha value is -3.75. The molecule has 9 heteroatoms. The van der Waals surface area contributed by atoms with E-state index in [-0.39, 0.29) is 35.4 Å². The van der Waals surface area contributed by atoms with Crippen molar-refractivity contribution in [2.24, 2.45) is 5.73 Å². The number of Topliss-reactive ketones (excluding diaryl/α,β-unsaturated/α-hetero) is 1. The SMILES string of the molecule is CC(=O)/C(COc1cnc(N2CCn3cc(C)nc3C2)cn1)=C(\N)c1ccc(F)cc1. The molecule has 1 aliphatic rings. The fraction of sp³-hybridized carbons (Fsp3) is 0.273. The van der Waals surface area contributed by atoms with Crippen LogP contribution in [0.4, 0.5) is 10.2 Å². The zero-order valence-electron chi connectivity index (χ0n) is 17.4. The lowest BCUT2D eigenvalue weighted by atomic mass is 10.0. The first kappa shape index (κ1) is 20.5. The standard InChI is InChI=1S/C22H23FN6O2/c1-14-11-28-7-8-29(12-20(28)27-14)19-9-26-21(10-25-19)31-13-18(15(2)30)22(24)16-3-5-17(23)6-4-16/h3-6,9-11H,7-8,12-13,24H2,1-2H3/b22-18-. The molecule has 31 heavy (non-hydrogen) atoms. The van der Waals surface area contributed by atoms with E-state index < -0.39 is 0 Å². The van der Waals surface area contributed by atoms with Gasteiger partial charge in [0.2, 0.25) is 5.88 Å². The fourth-order valence-electron chi connectivity index (χ4n) is 3.46. The fourth-order valence-corrected chi connectivity index (χ4v) is 3.46. The molecule has 160 valence electrons. The van der Waals surface area contributed by atoms with Gasteiger partial charge in [-0.25, -0.2) is 19.3 Å². The van der Waals surface area contributed by atoms with Crippen LogP contribution in [0, 0.1) is 12.7 Å². The number of aryl methyl sites for hydroxylation is 1. The monoisotopic (exact) mass is 422 g/mol. The van der Waals surface area contributed by atoms with Gasteiger partial charge in [0.15, 0.2) is 5.78 Å². The molecular weight excluding hydrogens is 399 g/mol.